The summed E-state index contributed by atoms with van der Waals surface area (Å²) in [6.07, 6.45) is 6.16. The third-order valence-electron chi connectivity index (χ3n) is 3.35. The lowest BCUT2D eigenvalue weighted by atomic mass is 9.95. The van der Waals surface area contributed by atoms with Crippen LogP contribution in [0.1, 0.15) is 42.5 Å². The molecular formula is C14H18ClNO2. The molecule has 1 fully saturated rings. The Labute approximate surface area is 112 Å². The van der Waals surface area contributed by atoms with Crippen molar-refractivity contribution in [3.8, 4) is 0 Å². The standard InChI is InChI=1S/C14H18ClNO2/c1-18-14(17)10-7-8-12(15)13(9-10)16-11-5-3-2-4-6-11/h7-9,11,16H,2-6H2,1H3. The highest BCUT2D eigenvalue weighted by Gasteiger charge is 2.15. The van der Waals surface area contributed by atoms with Gasteiger partial charge in [0.1, 0.15) is 0 Å². The lowest BCUT2D eigenvalue weighted by molar-refractivity contribution is 0.0601. The molecule has 3 nitrogen and oxygen atoms in total. The van der Waals surface area contributed by atoms with E-state index in [0.717, 1.165) is 5.69 Å². The van der Waals surface area contributed by atoms with E-state index < -0.39 is 0 Å². The number of hydrogen-bond acceptors (Lipinski definition) is 3. The van der Waals surface area contributed by atoms with E-state index in [-0.39, 0.29) is 5.97 Å². The van der Waals surface area contributed by atoms with Gasteiger partial charge in [0.2, 0.25) is 0 Å². The molecule has 1 aliphatic rings. The predicted octanol–water partition coefficient (Wildman–Crippen LogP) is 3.87. The molecule has 0 spiro atoms. The highest BCUT2D eigenvalue weighted by Crippen LogP contribution is 2.27. The molecule has 0 amide bonds. The van der Waals surface area contributed by atoms with Crippen LogP contribution in [-0.4, -0.2) is 19.1 Å². The van der Waals surface area contributed by atoms with Crippen LogP contribution in [-0.2, 0) is 4.74 Å². The number of nitrogens with one attached hydrogen (secondary N) is 1. The SMILES string of the molecule is COC(=O)c1ccc(Cl)c(NC2CCCCC2)c1. The van der Waals surface area contributed by atoms with Crippen LogP contribution in [0.4, 0.5) is 5.69 Å². The van der Waals surface area contributed by atoms with Crippen molar-refractivity contribution in [3.63, 3.8) is 0 Å². The summed E-state index contributed by atoms with van der Waals surface area (Å²) in [5.41, 5.74) is 1.35. The summed E-state index contributed by atoms with van der Waals surface area (Å²) in [7, 11) is 1.38. The number of hydrogen-bond donors (Lipinski definition) is 1. The third kappa shape index (κ3) is 3.16. The zero-order valence-corrected chi connectivity index (χ0v) is 11.3. The molecule has 4 heteroatoms. The number of methoxy groups -OCH3 is 1. The maximum Gasteiger partial charge on any atom is 0.337 e. The molecule has 2 rings (SSSR count). The number of halogens is 1. The van der Waals surface area contributed by atoms with Crippen LogP contribution in [0.3, 0.4) is 0 Å². The molecule has 0 aliphatic heterocycles. The van der Waals surface area contributed by atoms with E-state index in [9.17, 15) is 4.79 Å². The molecule has 18 heavy (non-hydrogen) atoms. The molecule has 0 bridgehead atoms. The van der Waals surface area contributed by atoms with Crippen LogP contribution in [0.5, 0.6) is 0 Å². The summed E-state index contributed by atoms with van der Waals surface area (Å²) >= 11 is 6.15. The van der Waals surface area contributed by atoms with Gasteiger partial charge in [-0.3, -0.25) is 0 Å². The summed E-state index contributed by atoms with van der Waals surface area (Å²) in [4.78, 5) is 11.5. The lowest BCUT2D eigenvalue weighted by Gasteiger charge is -2.24. The van der Waals surface area contributed by atoms with E-state index in [2.05, 4.69) is 5.32 Å². The predicted molar refractivity (Wildman–Crippen MR) is 73.3 cm³/mol. The van der Waals surface area contributed by atoms with E-state index in [1.807, 2.05) is 0 Å². The topological polar surface area (TPSA) is 38.3 Å². The van der Waals surface area contributed by atoms with Gasteiger partial charge in [-0.15, -0.1) is 0 Å². The maximum absolute atomic E-state index is 11.5. The smallest absolute Gasteiger partial charge is 0.337 e. The zero-order chi connectivity index (χ0) is 13.0. The van der Waals surface area contributed by atoms with E-state index in [0.29, 0.717) is 16.6 Å². The highest BCUT2D eigenvalue weighted by atomic mass is 35.5. The molecule has 0 atom stereocenters. The molecule has 98 valence electrons. The van der Waals surface area contributed by atoms with Crippen molar-refractivity contribution in [3.05, 3.63) is 28.8 Å². The van der Waals surface area contributed by atoms with Gasteiger partial charge in [-0.2, -0.15) is 0 Å². The average molecular weight is 268 g/mol. The molecule has 0 saturated heterocycles. The summed E-state index contributed by atoms with van der Waals surface area (Å²) < 4.78 is 4.71. The number of carbonyl (C=O) groups is 1. The molecule has 0 heterocycles. The number of rotatable bonds is 3. The maximum atomic E-state index is 11.5. The van der Waals surface area contributed by atoms with Gasteiger partial charge in [-0.1, -0.05) is 30.9 Å². The highest BCUT2D eigenvalue weighted by molar-refractivity contribution is 6.33. The molecule has 1 aromatic carbocycles. The summed E-state index contributed by atoms with van der Waals surface area (Å²) in [5.74, 6) is -0.335. The zero-order valence-electron chi connectivity index (χ0n) is 10.5. The molecule has 0 aromatic heterocycles. The van der Waals surface area contributed by atoms with Crippen LogP contribution in [0.15, 0.2) is 18.2 Å². The average Bonchev–Trinajstić information content (AvgIpc) is 2.41. The monoisotopic (exact) mass is 267 g/mol. The first kappa shape index (κ1) is 13.2. The number of ether oxygens (including phenoxy) is 1. The second-order valence-electron chi connectivity index (χ2n) is 4.67. The van der Waals surface area contributed by atoms with Gasteiger partial charge in [0.15, 0.2) is 0 Å². The number of carbonyl (C=O) groups excluding carboxylic acids is 1. The van der Waals surface area contributed by atoms with Crippen molar-refractivity contribution in [1.82, 2.24) is 0 Å². The number of esters is 1. The van der Waals surface area contributed by atoms with Gasteiger partial charge < -0.3 is 10.1 Å². The fourth-order valence-corrected chi connectivity index (χ4v) is 2.52. The number of anilines is 1. The van der Waals surface area contributed by atoms with Crippen LogP contribution in [0, 0.1) is 0 Å². The number of benzene rings is 1. The molecule has 1 N–H and O–H groups in total. The fourth-order valence-electron chi connectivity index (χ4n) is 2.35. The molecule has 1 saturated carbocycles. The van der Waals surface area contributed by atoms with Gasteiger partial charge in [-0.25, -0.2) is 4.79 Å². The summed E-state index contributed by atoms with van der Waals surface area (Å²) in [6, 6.07) is 5.64. The van der Waals surface area contributed by atoms with Crippen LogP contribution < -0.4 is 5.32 Å². The van der Waals surface area contributed by atoms with Gasteiger partial charge in [0.05, 0.1) is 23.4 Å². The van der Waals surface area contributed by atoms with Crippen molar-refractivity contribution in [2.45, 2.75) is 38.1 Å². The Morgan fingerprint density at radius 1 is 1.33 bits per heavy atom. The largest absolute Gasteiger partial charge is 0.465 e. The Morgan fingerprint density at radius 3 is 2.72 bits per heavy atom. The first-order valence-electron chi connectivity index (χ1n) is 6.35. The van der Waals surface area contributed by atoms with Gasteiger partial charge in [-0.05, 0) is 31.0 Å². The second-order valence-corrected chi connectivity index (χ2v) is 5.07. The molecule has 1 aromatic rings. The van der Waals surface area contributed by atoms with Gasteiger partial charge in [0.25, 0.3) is 0 Å². The summed E-state index contributed by atoms with van der Waals surface area (Å²) in [6.45, 7) is 0. The second kappa shape index (κ2) is 6.10. The molecule has 1 aliphatic carbocycles. The molecular weight excluding hydrogens is 250 g/mol. The minimum atomic E-state index is -0.335. The first-order valence-corrected chi connectivity index (χ1v) is 6.73. The minimum Gasteiger partial charge on any atom is -0.465 e. The third-order valence-corrected chi connectivity index (χ3v) is 3.68. The Balaban J connectivity index is 2.12. The Kier molecular flexibility index (Phi) is 4.48. The van der Waals surface area contributed by atoms with E-state index in [4.69, 9.17) is 16.3 Å². The van der Waals surface area contributed by atoms with E-state index in [1.54, 1.807) is 18.2 Å². The molecule has 0 radical (unpaired) electrons. The molecule has 0 unspecified atom stereocenters. The van der Waals surface area contributed by atoms with Gasteiger partial charge in [0, 0.05) is 6.04 Å². The van der Waals surface area contributed by atoms with Crippen molar-refractivity contribution in [1.29, 1.82) is 0 Å². The van der Waals surface area contributed by atoms with Crippen molar-refractivity contribution >= 4 is 23.3 Å². The summed E-state index contributed by atoms with van der Waals surface area (Å²) in [5, 5.41) is 4.08. The lowest BCUT2D eigenvalue weighted by Crippen LogP contribution is -2.22. The van der Waals surface area contributed by atoms with Crippen molar-refractivity contribution in [2.24, 2.45) is 0 Å². The first-order chi connectivity index (χ1) is 8.70. The minimum absolute atomic E-state index is 0.335. The van der Waals surface area contributed by atoms with Crippen molar-refractivity contribution < 1.29 is 9.53 Å². The van der Waals surface area contributed by atoms with E-state index >= 15 is 0 Å². The van der Waals surface area contributed by atoms with Crippen molar-refractivity contribution in [2.75, 3.05) is 12.4 Å². The quantitative estimate of drug-likeness (QED) is 0.845. The van der Waals surface area contributed by atoms with Gasteiger partial charge >= 0.3 is 5.97 Å². The normalized spacial score (nSPS) is 16.3. The Hall–Kier alpha value is -1.22. The van der Waals surface area contributed by atoms with Crippen LogP contribution in [0.25, 0.3) is 0 Å². The van der Waals surface area contributed by atoms with Crippen LogP contribution >= 0.6 is 11.6 Å². The van der Waals surface area contributed by atoms with Crippen LogP contribution in [0.2, 0.25) is 5.02 Å². The fraction of sp³-hybridized carbons (Fsp3) is 0.500. The van der Waals surface area contributed by atoms with E-state index in [1.165, 1.54) is 39.2 Å². The Bertz CT molecular complexity index is 428. The Morgan fingerprint density at radius 2 is 2.06 bits per heavy atom.